The van der Waals surface area contributed by atoms with E-state index in [2.05, 4.69) is 6.92 Å². The Kier molecular flexibility index (Phi) is 3.23. The molecule has 0 amide bonds. The summed E-state index contributed by atoms with van der Waals surface area (Å²) in [6, 6.07) is 2.01. The Balaban J connectivity index is 1.95. The van der Waals surface area contributed by atoms with Crippen LogP contribution in [0, 0.1) is 11.8 Å². The smallest absolute Gasteiger partial charge is 0.109 e. The van der Waals surface area contributed by atoms with Crippen LogP contribution < -0.4 is 0 Å². The van der Waals surface area contributed by atoms with E-state index < -0.39 is 5.60 Å². The van der Waals surface area contributed by atoms with E-state index in [-0.39, 0.29) is 0 Å². The summed E-state index contributed by atoms with van der Waals surface area (Å²) in [5.41, 5.74) is 0.487. The highest BCUT2D eigenvalue weighted by Crippen LogP contribution is 2.49. The minimum Gasteiger partial charge on any atom is -0.469 e. The standard InChI is InChI=1S/C16H24O2/c1-2-12-6-3-4-7-13(12)16(17)10-5-8-15-14(16)9-11-18-15/h9,11-13,17H,2-8,10H2,1H3. The van der Waals surface area contributed by atoms with Crippen LogP contribution in [-0.4, -0.2) is 5.11 Å². The lowest BCUT2D eigenvalue weighted by molar-refractivity contribution is -0.0777. The van der Waals surface area contributed by atoms with Crippen molar-refractivity contribution in [2.75, 3.05) is 0 Å². The molecule has 1 heterocycles. The van der Waals surface area contributed by atoms with Crippen LogP contribution in [0.5, 0.6) is 0 Å². The molecule has 18 heavy (non-hydrogen) atoms. The van der Waals surface area contributed by atoms with Crippen LogP contribution in [0.15, 0.2) is 16.7 Å². The maximum atomic E-state index is 11.3. The van der Waals surface area contributed by atoms with Crippen molar-refractivity contribution in [3.8, 4) is 0 Å². The fourth-order valence-electron chi connectivity index (χ4n) is 4.28. The maximum absolute atomic E-state index is 11.3. The average molecular weight is 248 g/mol. The summed E-state index contributed by atoms with van der Waals surface area (Å²) in [6.45, 7) is 2.27. The molecule has 1 saturated carbocycles. The lowest BCUT2D eigenvalue weighted by Crippen LogP contribution is -2.42. The van der Waals surface area contributed by atoms with Crippen molar-refractivity contribution in [1.82, 2.24) is 0 Å². The predicted molar refractivity (Wildman–Crippen MR) is 71.3 cm³/mol. The molecule has 0 radical (unpaired) electrons. The molecule has 1 aromatic rings. The molecule has 2 aliphatic rings. The van der Waals surface area contributed by atoms with E-state index in [1.54, 1.807) is 6.26 Å². The van der Waals surface area contributed by atoms with Gasteiger partial charge in [-0.1, -0.05) is 32.6 Å². The lowest BCUT2D eigenvalue weighted by Gasteiger charge is -2.45. The summed E-state index contributed by atoms with van der Waals surface area (Å²) in [7, 11) is 0. The largest absolute Gasteiger partial charge is 0.469 e. The number of aliphatic hydroxyl groups is 1. The summed E-state index contributed by atoms with van der Waals surface area (Å²) < 4.78 is 5.55. The van der Waals surface area contributed by atoms with Gasteiger partial charge in [0.25, 0.3) is 0 Å². The zero-order valence-electron chi connectivity index (χ0n) is 11.3. The van der Waals surface area contributed by atoms with Crippen LogP contribution in [0.2, 0.25) is 0 Å². The molecule has 2 heteroatoms. The summed E-state index contributed by atoms with van der Waals surface area (Å²) in [4.78, 5) is 0. The molecule has 100 valence electrons. The van der Waals surface area contributed by atoms with Gasteiger partial charge in [-0.25, -0.2) is 0 Å². The Labute approximate surface area is 109 Å². The number of aryl methyl sites for hydroxylation is 1. The number of rotatable bonds is 2. The molecule has 3 unspecified atom stereocenters. The zero-order chi connectivity index (χ0) is 12.6. The van der Waals surface area contributed by atoms with Crippen LogP contribution in [-0.2, 0) is 12.0 Å². The molecule has 0 bridgehead atoms. The van der Waals surface area contributed by atoms with E-state index >= 15 is 0 Å². The molecule has 2 nitrogen and oxygen atoms in total. The molecule has 3 rings (SSSR count). The van der Waals surface area contributed by atoms with Gasteiger partial charge in [0.15, 0.2) is 0 Å². The normalized spacial score (nSPS) is 36.3. The molecule has 0 saturated heterocycles. The van der Waals surface area contributed by atoms with Crippen molar-refractivity contribution in [1.29, 1.82) is 0 Å². The fourth-order valence-corrected chi connectivity index (χ4v) is 4.28. The van der Waals surface area contributed by atoms with Crippen LogP contribution in [0.4, 0.5) is 0 Å². The molecule has 1 aromatic heterocycles. The van der Waals surface area contributed by atoms with Gasteiger partial charge in [0, 0.05) is 12.0 Å². The Morgan fingerprint density at radius 1 is 1.33 bits per heavy atom. The van der Waals surface area contributed by atoms with Crippen LogP contribution in [0.25, 0.3) is 0 Å². The van der Waals surface area contributed by atoms with Gasteiger partial charge >= 0.3 is 0 Å². The fraction of sp³-hybridized carbons (Fsp3) is 0.750. The van der Waals surface area contributed by atoms with Gasteiger partial charge in [0.05, 0.1) is 11.9 Å². The number of hydrogen-bond donors (Lipinski definition) is 1. The second kappa shape index (κ2) is 4.73. The summed E-state index contributed by atoms with van der Waals surface area (Å²) in [6.07, 6.45) is 11.0. The molecule has 2 aliphatic carbocycles. The SMILES string of the molecule is CCC1CCCCC1C1(O)CCCc2occc21. The molecule has 1 fully saturated rings. The van der Waals surface area contributed by atoms with Crippen LogP contribution in [0.3, 0.4) is 0 Å². The van der Waals surface area contributed by atoms with Crippen molar-refractivity contribution in [3.05, 3.63) is 23.7 Å². The topological polar surface area (TPSA) is 33.4 Å². The Bertz CT molecular complexity index is 409. The molecule has 0 aromatic carbocycles. The minimum absolute atomic E-state index is 0.438. The Morgan fingerprint density at radius 2 is 2.17 bits per heavy atom. The van der Waals surface area contributed by atoms with E-state index in [1.807, 2.05) is 6.07 Å². The highest BCUT2D eigenvalue weighted by atomic mass is 16.3. The second-order valence-electron chi connectivity index (χ2n) is 6.09. The van der Waals surface area contributed by atoms with Crippen molar-refractivity contribution in [2.24, 2.45) is 11.8 Å². The first-order valence-electron chi connectivity index (χ1n) is 7.55. The van der Waals surface area contributed by atoms with E-state index in [0.29, 0.717) is 11.8 Å². The second-order valence-corrected chi connectivity index (χ2v) is 6.09. The maximum Gasteiger partial charge on any atom is 0.109 e. The first-order chi connectivity index (χ1) is 8.75. The zero-order valence-corrected chi connectivity index (χ0v) is 11.3. The van der Waals surface area contributed by atoms with Gasteiger partial charge in [-0.15, -0.1) is 0 Å². The summed E-state index contributed by atoms with van der Waals surface area (Å²) in [5, 5.41) is 11.3. The molecular weight excluding hydrogens is 224 g/mol. The third-order valence-electron chi connectivity index (χ3n) is 5.22. The van der Waals surface area contributed by atoms with E-state index in [9.17, 15) is 5.11 Å². The molecule has 1 N–H and O–H groups in total. The Morgan fingerprint density at radius 3 is 3.00 bits per heavy atom. The molecule has 3 atom stereocenters. The van der Waals surface area contributed by atoms with Crippen molar-refractivity contribution in [2.45, 2.75) is 63.9 Å². The quantitative estimate of drug-likeness (QED) is 0.857. The first kappa shape index (κ1) is 12.3. The third-order valence-corrected chi connectivity index (χ3v) is 5.22. The van der Waals surface area contributed by atoms with Crippen molar-refractivity contribution < 1.29 is 9.52 Å². The highest BCUT2D eigenvalue weighted by molar-refractivity contribution is 5.29. The van der Waals surface area contributed by atoms with Gasteiger partial charge in [0.1, 0.15) is 5.76 Å². The average Bonchev–Trinajstić information content (AvgIpc) is 2.89. The van der Waals surface area contributed by atoms with Gasteiger partial charge in [-0.05, 0) is 37.2 Å². The minimum atomic E-state index is -0.609. The summed E-state index contributed by atoms with van der Waals surface area (Å²) >= 11 is 0. The lowest BCUT2D eigenvalue weighted by atomic mass is 9.63. The predicted octanol–water partition coefficient (Wildman–Crippen LogP) is 4.02. The number of hydrogen-bond acceptors (Lipinski definition) is 2. The van der Waals surface area contributed by atoms with Crippen LogP contribution in [0.1, 0.15) is 63.2 Å². The van der Waals surface area contributed by atoms with Crippen molar-refractivity contribution in [3.63, 3.8) is 0 Å². The van der Waals surface area contributed by atoms with E-state index in [4.69, 9.17) is 4.42 Å². The molecule has 0 aliphatic heterocycles. The number of furan rings is 1. The number of fused-ring (bicyclic) bond motifs is 1. The van der Waals surface area contributed by atoms with Crippen LogP contribution >= 0.6 is 0 Å². The van der Waals surface area contributed by atoms with Crippen molar-refractivity contribution >= 4 is 0 Å². The van der Waals surface area contributed by atoms with E-state index in [1.165, 1.54) is 32.1 Å². The monoisotopic (exact) mass is 248 g/mol. The Hall–Kier alpha value is -0.760. The van der Waals surface area contributed by atoms with Gasteiger partial charge in [0.2, 0.25) is 0 Å². The third kappa shape index (κ3) is 1.82. The van der Waals surface area contributed by atoms with Gasteiger partial charge in [-0.3, -0.25) is 0 Å². The van der Waals surface area contributed by atoms with Gasteiger partial charge in [-0.2, -0.15) is 0 Å². The van der Waals surface area contributed by atoms with E-state index in [0.717, 1.165) is 30.6 Å². The highest BCUT2D eigenvalue weighted by Gasteiger charge is 2.46. The first-order valence-corrected chi connectivity index (χ1v) is 7.55. The van der Waals surface area contributed by atoms with Gasteiger partial charge < -0.3 is 9.52 Å². The molecular formula is C16H24O2. The summed E-state index contributed by atoms with van der Waals surface area (Å²) in [5.74, 6) is 2.15. The molecule has 0 spiro atoms.